The Bertz CT molecular complexity index is 1180. The van der Waals surface area contributed by atoms with E-state index in [2.05, 4.69) is 111 Å². The standard InChI is InChI=1S/C29H27N3OS2/c1-22(33)34-28-17-18-32(21-23(28)19-27-20-30-35-31-27)29(24-11-5-2-6-12-24,25-13-7-3-8-14-25)26-15-9-4-10-16-26/h2-16,19-20,28H,17-18,21H2,1H3/b23-19+. The highest BCUT2D eigenvalue weighted by atomic mass is 32.2. The van der Waals surface area contributed by atoms with Gasteiger partial charge >= 0.3 is 0 Å². The highest BCUT2D eigenvalue weighted by Crippen LogP contribution is 2.45. The van der Waals surface area contributed by atoms with E-state index in [0.717, 1.165) is 25.2 Å². The number of benzene rings is 3. The maximum absolute atomic E-state index is 12.1. The number of rotatable bonds is 6. The zero-order valence-corrected chi connectivity index (χ0v) is 21.2. The molecule has 1 aromatic heterocycles. The van der Waals surface area contributed by atoms with Crippen molar-refractivity contribution in [3.8, 4) is 0 Å². The number of likely N-dealkylation sites (tertiary alicyclic amines) is 1. The number of hydrogen-bond donors (Lipinski definition) is 0. The van der Waals surface area contributed by atoms with Gasteiger partial charge in [0.15, 0.2) is 5.12 Å². The Morgan fingerprint density at radius 2 is 1.49 bits per heavy atom. The molecule has 2 heterocycles. The Kier molecular flexibility index (Phi) is 7.23. The van der Waals surface area contributed by atoms with E-state index in [1.807, 2.05) is 0 Å². The van der Waals surface area contributed by atoms with Gasteiger partial charge in [-0.25, -0.2) is 0 Å². The fourth-order valence-corrected chi connectivity index (χ4v) is 6.45. The molecule has 1 fully saturated rings. The van der Waals surface area contributed by atoms with Gasteiger partial charge in [0.25, 0.3) is 0 Å². The van der Waals surface area contributed by atoms with Crippen LogP contribution in [0.3, 0.4) is 0 Å². The van der Waals surface area contributed by atoms with E-state index >= 15 is 0 Å². The minimum absolute atomic E-state index is 0.130. The predicted octanol–water partition coefficient (Wildman–Crippen LogP) is 6.27. The monoisotopic (exact) mass is 497 g/mol. The molecule has 0 spiro atoms. The summed E-state index contributed by atoms with van der Waals surface area (Å²) in [4.78, 5) is 14.7. The summed E-state index contributed by atoms with van der Waals surface area (Å²) >= 11 is 2.64. The van der Waals surface area contributed by atoms with Crippen molar-refractivity contribution < 1.29 is 4.79 Å². The van der Waals surface area contributed by atoms with Crippen molar-refractivity contribution in [2.45, 2.75) is 24.1 Å². The molecule has 0 saturated carbocycles. The van der Waals surface area contributed by atoms with Crippen LogP contribution < -0.4 is 0 Å². The zero-order valence-electron chi connectivity index (χ0n) is 19.6. The lowest BCUT2D eigenvalue weighted by atomic mass is 9.74. The van der Waals surface area contributed by atoms with Gasteiger partial charge < -0.3 is 0 Å². The van der Waals surface area contributed by atoms with E-state index in [9.17, 15) is 4.79 Å². The second kappa shape index (κ2) is 10.7. The third-order valence-corrected chi connectivity index (χ3v) is 8.16. The molecular formula is C29H27N3OS2. The van der Waals surface area contributed by atoms with Gasteiger partial charge in [-0.15, -0.1) is 0 Å². The second-order valence-electron chi connectivity index (χ2n) is 8.67. The summed E-state index contributed by atoms with van der Waals surface area (Å²) in [6.07, 6.45) is 4.80. The molecule has 1 saturated heterocycles. The number of hydrogen-bond acceptors (Lipinski definition) is 6. The topological polar surface area (TPSA) is 46.1 Å². The van der Waals surface area contributed by atoms with Gasteiger partial charge in [-0.1, -0.05) is 103 Å². The van der Waals surface area contributed by atoms with Crippen LogP contribution in [-0.4, -0.2) is 37.1 Å². The molecule has 4 aromatic rings. The van der Waals surface area contributed by atoms with Gasteiger partial charge in [-0.05, 0) is 34.8 Å². The first-order valence-corrected chi connectivity index (χ1v) is 13.4. The van der Waals surface area contributed by atoms with Crippen molar-refractivity contribution in [2.24, 2.45) is 0 Å². The molecule has 3 aromatic carbocycles. The first kappa shape index (κ1) is 23.7. The van der Waals surface area contributed by atoms with E-state index in [0.29, 0.717) is 0 Å². The van der Waals surface area contributed by atoms with Crippen LogP contribution in [0.1, 0.15) is 35.7 Å². The van der Waals surface area contributed by atoms with E-state index in [1.165, 1.54) is 45.8 Å². The van der Waals surface area contributed by atoms with Crippen molar-refractivity contribution >= 4 is 34.7 Å². The smallest absolute Gasteiger partial charge is 0.186 e. The van der Waals surface area contributed by atoms with Crippen LogP contribution in [0.5, 0.6) is 0 Å². The maximum Gasteiger partial charge on any atom is 0.186 e. The van der Waals surface area contributed by atoms with Crippen molar-refractivity contribution in [1.82, 2.24) is 13.6 Å². The molecule has 4 nitrogen and oxygen atoms in total. The number of aromatic nitrogens is 2. The molecule has 0 bridgehead atoms. The highest BCUT2D eigenvalue weighted by Gasteiger charge is 2.44. The van der Waals surface area contributed by atoms with Crippen molar-refractivity contribution in [1.29, 1.82) is 0 Å². The highest BCUT2D eigenvalue weighted by molar-refractivity contribution is 8.14. The molecule has 0 amide bonds. The van der Waals surface area contributed by atoms with Crippen LogP contribution in [0, 0.1) is 0 Å². The Labute approximate surface area is 215 Å². The lowest BCUT2D eigenvalue weighted by Crippen LogP contribution is -2.52. The third kappa shape index (κ3) is 4.87. The maximum atomic E-state index is 12.1. The summed E-state index contributed by atoms with van der Waals surface area (Å²) in [6, 6.07) is 32.3. The molecule has 0 radical (unpaired) electrons. The van der Waals surface area contributed by atoms with Crippen LogP contribution >= 0.6 is 23.5 Å². The molecule has 176 valence electrons. The molecule has 1 atom stereocenters. The number of carbonyl (C=O) groups excluding carboxylic acids is 1. The first-order valence-electron chi connectivity index (χ1n) is 11.7. The van der Waals surface area contributed by atoms with Gasteiger partial charge in [0.1, 0.15) is 0 Å². The summed E-state index contributed by atoms with van der Waals surface area (Å²) in [5, 5.41) is 0.275. The van der Waals surface area contributed by atoms with E-state index in [-0.39, 0.29) is 10.4 Å². The largest absolute Gasteiger partial charge is 0.288 e. The number of carbonyl (C=O) groups is 1. The fraction of sp³-hybridized carbons (Fsp3) is 0.207. The van der Waals surface area contributed by atoms with Gasteiger partial charge in [0.05, 0.1) is 29.2 Å². The van der Waals surface area contributed by atoms with Gasteiger partial charge in [-0.2, -0.15) is 8.75 Å². The summed E-state index contributed by atoms with van der Waals surface area (Å²) in [7, 11) is 0. The van der Waals surface area contributed by atoms with E-state index in [4.69, 9.17) is 0 Å². The number of piperidine rings is 1. The quantitative estimate of drug-likeness (QED) is 0.294. The van der Waals surface area contributed by atoms with Gasteiger partial charge in [0, 0.05) is 25.3 Å². The van der Waals surface area contributed by atoms with Crippen molar-refractivity contribution in [2.75, 3.05) is 13.1 Å². The predicted molar refractivity (Wildman–Crippen MR) is 145 cm³/mol. The summed E-state index contributed by atoms with van der Waals surface area (Å²) in [5.41, 5.74) is 5.26. The summed E-state index contributed by atoms with van der Waals surface area (Å²) in [6.45, 7) is 3.23. The first-order chi connectivity index (χ1) is 17.2. The average molecular weight is 498 g/mol. The molecule has 1 unspecified atom stereocenters. The molecule has 0 N–H and O–H groups in total. The Balaban J connectivity index is 1.69. The van der Waals surface area contributed by atoms with E-state index in [1.54, 1.807) is 13.1 Å². The van der Waals surface area contributed by atoms with Crippen LogP contribution in [0.15, 0.2) is 103 Å². The van der Waals surface area contributed by atoms with E-state index < -0.39 is 5.54 Å². The molecule has 35 heavy (non-hydrogen) atoms. The molecular weight excluding hydrogens is 470 g/mol. The third-order valence-electron chi connectivity index (χ3n) is 6.52. The van der Waals surface area contributed by atoms with Crippen LogP contribution in [-0.2, 0) is 10.3 Å². The molecule has 6 heteroatoms. The lowest BCUT2D eigenvalue weighted by Gasteiger charge is -2.49. The Hall–Kier alpha value is -3.06. The summed E-state index contributed by atoms with van der Waals surface area (Å²) in [5.74, 6) is 0. The minimum atomic E-state index is -0.477. The zero-order chi connectivity index (χ0) is 24.1. The molecule has 1 aliphatic rings. The van der Waals surface area contributed by atoms with Crippen molar-refractivity contribution in [3.05, 3.63) is 125 Å². The normalized spacial score (nSPS) is 18.0. The Morgan fingerprint density at radius 3 is 1.94 bits per heavy atom. The molecule has 0 aliphatic carbocycles. The average Bonchev–Trinajstić information content (AvgIpc) is 3.41. The number of thioether (sulfide) groups is 1. The van der Waals surface area contributed by atoms with Crippen molar-refractivity contribution in [3.63, 3.8) is 0 Å². The SMILES string of the molecule is CC(=O)SC1CCN(C(c2ccccc2)(c2ccccc2)c2ccccc2)C/C1=C\c1cnsn1. The van der Waals surface area contributed by atoms with Gasteiger partial charge in [-0.3, -0.25) is 9.69 Å². The minimum Gasteiger partial charge on any atom is -0.288 e. The summed E-state index contributed by atoms with van der Waals surface area (Å²) < 4.78 is 8.61. The lowest BCUT2D eigenvalue weighted by molar-refractivity contribution is -0.109. The Morgan fingerprint density at radius 1 is 0.943 bits per heavy atom. The second-order valence-corrected chi connectivity index (χ2v) is 10.6. The van der Waals surface area contributed by atoms with Crippen LogP contribution in [0.25, 0.3) is 6.08 Å². The van der Waals surface area contributed by atoms with Crippen LogP contribution in [0.4, 0.5) is 0 Å². The molecule has 1 aliphatic heterocycles. The molecule has 5 rings (SSSR count). The van der Waals surface area contributed by atoms with Gasteiger partial charge in [0.2, 0.25) is 0 Å². The van der Waals surface area contributed by atoms with Crippen LogP contribution in [0.2, 0.25) is 0 Å². The number of nitrogens with zero attached hydrogens (tertiary/aromatic N) is 3. The fourth-order valence-electron chi connectivity index (χ4n) is 5.13.